The fraction of sp³-hybridized carbons (Fsp3) is 0.333. The minimum absolute atomic E-state index is 0.0179. The van der Waals surface area contributed by atoms with Crippen LogP contribution in [0.4, 0.5) is 0 Å². The quantitative estimate of drug-likeness (QED) is 0.193. The van der Waals surface area contributed by atoms with Crippen LogP contribution in [0.2, 0.25) is 0 Å². The molecule has 36 heavy (non-hydrogen) atoms. The Morgan fingerprint density at radius 1 is 1.25 bits per heavy atom. The van der Waals surface area contributed by atoms with Crippen LogP contribution in [-0.4, -0.2) is 42.2 Å². The van der Waals surface area contributed by atoms with E-state index in [1.54, 1.807) is 31.3 Å². The molecule has 0 amide bonds. The van der Waals surface area contributed by atoms with Gasteiger partial charge in [-0.3, -0.25) is 4.79 Å². The lowest BCUT2D eigenvalue weighted by Gasteiger charge is -2.19. The van der Waals surface area contributed by atoms with Gasteiger partial charge < -0.3 is 14.2 Å². The van der Waals surface area contributed by atoms with Gasteiger partial charge in [0.25, 0.3) is 5.56 Å². The van der Waals surface area contributed by atoms with E-state index in [0.717, 1.165) is 16.5 Å². The van der Waals surface area contributed by atoms with E-state index < -0.39 is 12.1 Å². The molecule has 0 unspecified atom stereocenters. The molecule has 2 atom stereocenters. The molecule has 3 rings (SSSR count). The van der Waals surface area contributed by atoms with Gasteiger partial charge in [0.15, 0.2) is 17.6 Å². The highest BCUT2D eigenvalue weighted by molar-refractivity contribution is 9.10. The summed E-state index contributed by atoms with van der Waals surface area (Å²) in [6.07, 6.45) is 3.74. The van der Waals surface area contributed by atoms with Gasteiger partial charge in [-0.05, 0) is 55.7 Å². The van der Waals surface area contributed by atoms with E-state index in [2.05, 4.69) is 27.6 Å². The monoisotopic (exact) mass is 555 g/mol. The van der Waals surface area contributed by atoms with Crippen molar-refractivity contribution in [2.24, 2.45) is 5.10 Å². The number of aromatic nitrogens is 2. The Hall–Kier alpha value is -3.46. The molecule has 0 spiro atoms. The van der Waals surface area contributed by atoms with E-state index in [1.165, 1.54) is 18.9 Å². The summed E-state index contributed by atoms with van der Waals surface area (Å²) < 4.78 is 18.3. The minimum atomic E-state index is -0.827. The van der Waals surface area contributed by atoms with Gasteiger partial charge in [-0.25, -0.2) is 9.78 Å². The van der Waals surface area contributed by atoms with Crippen LogP contribution in [-0.2, 0) is 16.0 Å². The number of ether oxygens (including phenoxy) is 3. The maximum atomic E-state index is 13.4. The molecule has 1 heterocycles. The van der Waals surface area contributed by atoms with E-state index in [9.17, 15) is 9.59 Å². The number of fused-ring (bicyclic) bond motifs is 1. The van der Waals surface area contributed by atoms with Crippen molar-refractivity contribution in [2.45, 2.75) is 45.6 Å². The zero-order chi connectivity index (χ0) is 26.4. The number of hydrogen-bond donors (Lipinski definition) is 0. The Kier molecular flexibility index (Phi) is 9.03. The molecule has 0 aliphatic heterocycles. The Bertz CT molecular complexity index is 1370. The molecule has 0 aliphatic carbocycles. The van der Waals surface area contributed by atoms with Gasteiger partial charge in [0.1, 0.15) is 5.82 Å². The number of halogens is 1. The third kappa shape index (κ3) is 5.84. The molecule has 0 bridgehead atoms. The maximum absolute atomic E-state index is 13.4. The first-order chi connectivity index (χ1) is 17.2. The SMILES string of the molecule is C=CCc1cc(C=Nn2c([C@@H](C)CC)nc3ccc(Br)cc3c2=O)cc(OC)c1O[C@@H](C)C(=O)OC. The number of nitrogens with zero attached hydrogens (tertiary/aromatic N) is 3. The van der Waals surface area contributed by atoms with Crippen LogP contribution in [0.15, 0.2) is 57.4 Å². The van der Waals surface area contributed by atoms with Crippen molar-refractivity contribution in [1.82, 2.24) is 9.66 Å². The second-order valence-electron chi connectivity index (χ2n) is 8.29. The third-order valence-corrected chi connectivity index (χ3v) is 6.27. The Labute approximate surface area is 218 Å². The number of carbonyl (C=O) groups excluding carboxylic acids is 1. The fourth-order valence-corrected chi connectivity index (χ4v) is 4.01. The van der Waals surface area contributed by atoms with Crippen LogP contribution in [0.3, 0.4) is 0 Å². The smallest absolute Gasteiger partial charge is 0.346 e. The molecule has 0 aliphatic rings. The Balaban J connectivity index is 2.13. The van der Waals surface area contributed by atoms with Crippen molar-refractivity contribution < 1.29 is 19.0 Å². The largest absolute Gasteiger partial charge is 0.493 e. The fourth-order valence-electron chi connectivity index (χ4n) is 3.64. The first-order valence-corrected chi connectivity index (χ1v) is 12.4. The summed E-state index contributed by atoms with van der Waals surface area (Å²) in [6, 6.07) is 9.01. The third-order valence-electron chi connectivity index (χ3n) is 5.77. The minimum Gasteiger partial charge on any atom is -0.493 e. The zero-order valence-corrected chi connectivity index (χ0v) is 22.7. The Morgan fingerprint density at radius 3 is 2.64 bits per heavy atom. The number of methoxy groups -OCH3 is 2. The lowest BCUT2D eigenvalue weighted by molar-refractivity contribution is -0.147. The van der Waals surface area contributed by atoms with E-state index >= 15 is 0 Å². The highest BCUT2D eigenvalue weighted by atomic mass is 79.9. The van der Waals surface area contributed by atoms with Gasteiger partial charge >= 0.3 is 5.97 Å². The predicted octanol–water partition coefficient (Wildman–Crippen LogP) is 5.23. The summed E-state index contributed by atoms with van der Waals surface area (Å²) in [4.78, 5) is 30.0. The molecular formula is C27H30BrN3O5. The number of hydrogen-bond acceptors (Lipinski definition) is 7. The van der Waals surface area contributed by atoms with Gasteiger partial charge in [0, 0.05) is 16.0 Å². The van der Waals surface area contributed by atoms with E-state index in [-0.39, 0.29) is 11.5 Å². The molecule has 0 N–H and O–H groups in total. The van der Waals surface area contributed by atoms with Gasteiger partial charge in [-0.1, -0.05) is 35.9 Å². The summed E-state index contributed by atoms with van der Waals surface area (Å²) in [5.74, 6) is 0.937. The lowest BCUT2D eigenvalue weighted by Crippen LogP contribution is -2.25. The van der Waals surface area contributed by atoms with Gasteiger partial charge in [0.2, 0.25) is 0 Å². The molecule has 9 heteroatoms. The van der Waals surface area contributed by atoms with Crippen molar-refractivity contribution in [1.29, 1.82) is 0 Å². The van der Waals surface area contributed by atoms with E-state index in [0.29, 0.717) is 40.2 Å². The number of benzene rings is 2. The summed E-state index contributed by atoms with van der Waals surface area (Å²) in [6.45, 7) is 9.47. The summed E-state index contributed by atoms with van der Waals surface area (Å²) in [5, 5.41) is 5.01. The van der Waals surface area contributed by atoms with E-state index in [4.69, 9.17) is 19.2 Å². The molecule has 0 radical (unpaired) electrons. The topological polar surface area (TPSA) is 92.0 Å². The van der Waals surface area contributed by atoms with Crippen molar-refractivity contribution in [3.05, 3.63) is 74.8 Å². The molecular weight excluding hydrogens is 526 g/mol. The Morgan fingerprint density at radius 2 is 2.00 bits per heavy atom. The number of allylic oxidation sites excluding steroid dienone is 1. The highest BCUT2D eigenvalue weighted by Crippen LogP contribution is 2.34. The maximum Gasteiger partial charge on any atom is 0.346 e. The molecule has 8 nitrogen and oxygen atoms in total. The van der Waals surface area contributed by atoms with Crippen LogP contribution < -0.4 is 15.0 Å². The number of carbonyl (C=O) groups is 1. The molecule has 1 aromatic heterocycles. The molecule has 0 saturated heterocycles. The van der Waals surface area contributed by atoms with Gasteiger partial charge in [-0.2, -0.15) is 9.78 Å². The van der Waals surface area contributed by atoms with Gasteiger partial charge in [-0.15, -0.1) is 6.58 Å². The lowest BCUT2D eigenvalue weighted by atomic mass is 10.1. The van der Waals surface area contributed by atoms with Crippen molar-refractivity contribution in [2.75, 3.05) is 14.2 Å². The molecule has 0 fully saturated rings. The van der Waals surface area contributed by atoms with Crippen LogP contribution in [0.5, 0.6) is 11.5 Å². The highest BCUT2D eigenvalue weighted by Gasteiger charge is 2.21. The molecule has 3 aromatic rings. The van der Waals surface area contributed by atoms with Crippen LogP contribution in [0.1, 0.15) is 50.1 Å². The van der Waals surface area contributed by atoms with Crippen molar-refractivity contribution in [3.8, 4) is 11.5 Å². The normalized spacial score (nSPS) is 12.9. The molecule has 2 aromatic carbocycles. The second-order valence-corrected chi connectivity index (χ2v) is 9.21. The summed E-state index contributed by atoms with van der Waals surface area (Å²) in [5.41, 5.74) is 1.80. The predicted molar refractivity (Wildman–Crippen MR) is 144 cm³/mol. The van der Waals surface area contributed by atoms with Gasteiger partial charge in [0.05, 0.1) is 31.3 Å². The van der Waals surface area contributed by atoms with Crippen molar-refractivity contribution >= 4 is 39.0 Å². The second kappa shape index (κ2) is 12.0. The first-order valence-electron chi connectivity index (χ1n) is 11.6. The van der Waals surface area contributed by atoms with E-state index in [1.807, 2.05) is 32.0 Å². The van der Waals surface area contributed by atoms with Crippen LogP contribution >= 0.6 is 15.9 Å². The number of rotatable bonds is 10. The standard InChI is InChI=1S/C27H30BrN3O5/c1-7-9-19-12-18(13-23(34-5)24(19)36-17(4)27(33)35-6)15-29-31-25(16(3)8-2)30-22-11-10-20(28)14-21(22)26(31)32/h7,10-17H,1,8-9H2,2-6H3/t16-,17-/m0/s1. The van der Waals surface area contributed by atoms with Crippen LogP contribution in [0, 0.1) is 0 Å². The summed E-state index contributed by atoms with van der Waals surface area (Å²) in [7, 11) is 2.82. The molecule has 0 saturated carbocycles. The number of esters is 1. The average molecular weight is 556 g/mol. The van der Waals surface area contributed by atoms with Crippen molar-refractivity contribution in [3.63, 3.8) is 0 Å². The zero-order valence-electron chi connectivity index (χ0n) is 21.1. The summed E-state index contributed by atoms with van der Waals surface area (Å²) >= 11 is 3.43. The molecule has 190 valence electrons. The van der Waals surface area contributed by atoms with Crippen LogP contribution in [0.25, 0.3) is 10.9 Å². The average Bonchev–Trinajstić information content (AvgIpc) is 2.88. The first kappa shape index (κ1) is 27.1.